The lowest BCUT2D eigenvalue weighted by atomic mass is 9.99. The molecule has 116 valence electrons. The van der Waals surface area contributed by atoms with E-state index in [1.165, 1.54) is 6.07 Å². The second kappa shape index (κ2) is 6.75. The molecule has 2 aliphatic carbocycles. The van der Waals surface area contributed by atoms with Crippen LogP contribution in [0.1, 0.15) is 49.3 Å². The minimum Gasteiger partial charge on any atom is -0.349 e. The van der Waals surface area contributed by atoms with E-state index >= 15 is 0 Å². The Morgan fingerprint density at radius 3 is 2.86 bits per heavy atom. The summed E-state index contributed by atoms with van der Waals surface area (Å²) in [6, 6.07) is 5.05. The average Bonchev–Trinajstić information content (AvgIpc) is 2.97. The number of hydrogen-bond acceptors (Lipinski definition) is 2. The van der Waals surface area contributed by atoms with Crippen molar-refractivity contribution in [3.63, 3.8) is 0 Å². The molecule has 0 saturated heterocycles. The molecule has 0 aliphatic heterocycles. The number of amides is 1. The van der Waals surface area contributed by atoms with Crippen molar-refractivity contribution in [3.05, 3.63) is 35.1 Å². The predicted octanol–water partition coefficient (Wildman–Crippen LogP) is 2.87. The summed E-state index contributed by atoms with van der Waals surface area (Å²) in [5.74, 6) is 0.200. The van der Waals surface area contributed by atoms with Gasteiger partial charge in [0.25, 0.3) is 0 Å². The lowest BCUT2D eigenvalue weighted by Gasteiger charge is -2.18. The summed E-state index contributed by atoms with van der Waals surface area (Å²) in [6.45, 7) is 0. The molecule has 1 aromatic rings. The van der Waals surface area contributed by atoms with Gasteiger partial charge in [-0.1, -0.05) is 12.5 Å². The third kappa shape index (κ3) is 3.55. The Balaban J connectivity index is 0.00000161. The summed E-state index contributed by atoms with van der Waals surface area (Å²) >= 11 is 0. The second-order valence-corrected chi connectivity index (χ2v) is 6.06. The summed E-state index contributed by atoms with van der Waals surface area (Å²) in [7, 11) is 0. The van der Waals surface area contributed by atoms with E-state index in [1.807, 2.05) is 0 Å². The zero-order valence-electron chi connectivity index (χ0n) is 12.0. The number of carbonyl (C=O) groups is 1. The van der Waals surface area contributed by atoms with Crippen LogP contribution in [0.15, 0.2) is 18.2 Å². The largest absolute Gasteiger partial charge is 0.349 e. The SMILES string of the molecule is Cl.N[C@@H]1CCC[C@H]1CC(=O)NC1CCc2cc(F)ccc21. The predicted molar refractivity (Wildman–Crippen MR) is 82.8 cm³/mol. The highest BCUT2D eigenvalue weighted by Gasteiger charge is 2.28. The van der Waals surface area contributed by atoms with E-state index < -0.39 is 0 Å². The number of rotatable bonds is 3. The maximum absolute atomic E-state index is 13.2. The van der Waals surface area contributed by atoms with Crippen molar-refractivity contribution in [2.75, 3.05) is 0 Å². The minimum absolute atomic E-state index is 0. The first-order valence-electron chi connectivity index (χ1n) is 7.47. The van der Waals surface area contributed by atoms with E-state index in [1.54, 1.807) is 12.1 Å². The fourth-order valence-electron chi connectivity index (χ4n) is 3.55. The van der Waals surface area contributed by atoms with Gasteiger partial charge in [-0.15, -0.1) is 12.4 Å². The highest BCUT2D eigenvalue weighted by atomic mass is 35.5. The fourth-order valence-corrected chi connectivity index (χ4v) is 3.55. The molecule has 0 spiro atoms. The molecule has 1 fully saturated rings. The summed E-state index contributed by atoms with van der Waals surface area (Å²) in [6.07, 6.45) is 5.44. The molecule has 2 aliphatic rings. The number of fused-ring (bicyclic) bond motifs is 1. The molecule has 5 heteroatoms. The average molecular weight is 313 g/mol. The highest BCUT2D eigenvalue weighted by molar-refractivity contribution is 5.85. The monoisotopic (exact) mass is 312 g/mol. The van der Waals surface area contributed by atoms with Gasteiger partial charge in [0.15, 0.2) is 0 Å². The summed E-state index contributed by atoms with van der Waals surface area (Å²) in [4.78, 5) is 12.1. The van der Waals surface area contributed by atoms with Gasteiger partial charge in [0, 0.05) is 12.5 Å². The van der Waals surface area contributed by atoms with Gasteiger partial charge < -0.3 is 11.1 Å². The van der Waals surface area contributed by atoms with Crippen LogP contribution in [-0.4, -0.2) is 11.9 Å². The molecular weight excluding hydrogens is 291 g/mol. The quantitative estimate of drug-likeness (QED) is 0.901. The molecule has 1 amide bonds. The topological polar surface area (TPSA) is 55.1 Å². The maximum atomic E-state index is 13.2. The summed E-state index contributed by atoms with van der Waals surface area (Å²) in [5.41, 5.74) is 8.09. The molecule has 1 aromatic carbocycles. The van der Waals surface area contributed by atoms with Crippen LogP contribution in [0, 0.1) is 11.7 Å². The van der Waals surface area contributed by atoms with Crippen LogP contribution >= 0.6 is 12.4 Å². The molecule has 0 aromatic heterocycles. The third-order valence-corrected chi connectivity index (χ3v) is 4.68. The number of nitrogens with one attached hydrogen (secondary N) is 1. The number of nitrogens with two attached hydrogens (primary N) is 1. The molecule has 1 saturated carbocycles. The number of halogens is 2. The summed E-state index contributed by atoms with van der Waals surface area (Å²) in [5, 5.41) is 3.09. The standard InChI is InChI=1S/C16H21FN2O.ClH/c17-12-5-6-13-10(8-12)4-7-15(13)19-16(20)9-11-2-1-3-14(11)18;/h5-6,8,11,14-15H,1-4,7,9,18H2,(H,19,20);1H/t11-,14+,15?;/m0./s1. The van der Waals surface area contributed by atoms with E-state index in [4.69, 9.17) is 5.73 Å². The summed E-state index contributed by atoms with van der Waals surface area (Å²) < 4.78 is 13.2. The van der Waals surface area contributed by atoms with Crippen LogP contribution in [0.4, 0.5) is 4.39 Å². The van der Waals surface area contributed by atoms with Crippen molar-refractivity contribution < 1.29 is 9.18 Å². The van der Waals surface area contributed by atoms with Crippen LogP contribution in [0.25, 0.3) is 0 Å². The zero-order chi connectivity index (χ0) is 14.1. The lowest BCUT2D eigenvalue weighted by molar-refractivity contribution is -0.122. The highest BCUT2D eigenvalue weighted by Crippen LogP contribution is 2.32. The van der Waals surface area contributed by atoms with E-state index in [0.29, 0.717) is 12.3 Å². The Morgan fingerprint density at radius 1 is 1.33 bits per heavy atom. The lowest BCUT2D eigenvalue weighted by Crippen LogP contribution is -2.33. The van der Waals surface area contributed by atoms with Crippen molar-refractivity contribution in [2.45, 2.75) is 50.6 Å². The van der Waals surface area contributed by atoms with Gasteiger partial charge in [-0.05, 0) is 54.9 Å². The number of benzene rings is 1. The normalized spacial score (nSPS) is 27.0. The van der Waals surface area contributed by atoms with Crippen molar-refractivity contribution in [1.29, 1.82) is 0 Å². The molecule has 3 N–H and O–H groups in total. The Bertz CT molecular complexity index is 523. The van der Waals surface area contributed by atoms with Crippen LogP contribution < -0.4 is 11.1 Å². The van der Waals surface area contributed by atoms with Gasteiger partial charge in [-0.3, -0.25) is 4.79 Å². The number of aryl methyl sites for hydroxylation is 1. The molecule has 21 heavy (non-hydrogen) atoms. The first kappa shape index (κ1) is 16.2. The smallest absolute Gasteiger partial charge is 0.220 e. The molecule has 0 radical (unpaired) electrons. The molecule has 0 heterocycles. The fraction of sp³-hybridized carbons (Fsp3) is 0.562. The zero-order valence-corrected chi connectivity index (χ0v) is 12.8. The van der Waals surface area contributed by atoms with Gasteiger partial charge in [-0.2, -0.15) is 0 Å². The molecule has 1 unspecified atom stereocenters. The Hall–Kier alpha value is -1.13. The van der Waals surface area contributed by atoms with E-state index in [0.717, 1.165) is 43.2 Å². The molecule has 3 nitrogen and oxygen atoms in total. The van der Waals surface area contributed by atoms with Crippen LogP contribution in [0.2, 0.25) is 0 Å². The van der Waals surface area contributed by atoms with Crippen molar-refractivity contribution in [1.82, 2.24) is 5.32 Å². The van der Waals surface area contributed by atoms with Gasteiger partial charge >= 0.3 is 0 Å². The third-order valence-electron chi connectivity index (χ3n) is 4.68. The van der Waals surface area contributed by atoms with Crippen molar-refractivity contribution in [2.24, 2.45) is 11.7 Å². The molecule has 3 rings (SSSR count). The van der Waals surface area contributed by atoms with Crippen LogP contribution in [-0.2, 0) is 11.2 Å². The first-order chi connectivity index (χ1) is 9.63. The van der Waals surface area contributed by atoms with Gasteiger partial charge in [-0.25, -0.2) is 4.39 Å². The Morgan fingerprint density at radius 2 is 2.14 bits per heavy atom. The van der Waals surface area contributed by atoms with Crippen molar-refractivity contribution >= 4 is 18.3 Å². The molecule has 3 atom stereocenters. The number of hydrogen-bond donors (Lipinski definition) is 2. The maximum Gasteiger partial charge on any atom is 0.220 e. The van der Waals surface area contributed by atoms with Gasteiger partial charge in [0.2, 0.25) is 5.91 Å². The number of carbonyl (C=O) groups excluding carboxylic acids is 1. The van der Waals surface area contributed by atoms with Gasteiger partial charge in [0.05, 0.1) is 6.04 Å². The van der Waals surface area contributed by atoms with E-state index in [-0.39, 0.29) is 36.2 Å². The first-order valence-corrected chi connectivity index (χ1v) is 7.47. The van der Waals surface area contributed by atoms with Crippen LogP contribution in [0.3, 0.4) is 0 Å². The van der Waals surface area contributed by atoms with E-state index in [2.05, 4.69) is 5.32 Å². The Labute approximate surface area is 130 Å². The molecular formula is C16H22ClFN2O. The Kier molecular flexibility index (Phi) is 5.22. The molecule has 0 bridgehead atoms. The minimum atomic E-state index is -0.201. The van der Waals surface area contributed by atoms with Crippen LogP contribution in [0.5, 0.6) is 0 Å². The van der Waals surface area contributed by atoms with Gasteiger partial charge in [0.1, 0.15) is 5.82 Å². The second-order valence-electron chi connectivity index (χ2n) is 6.06. The van der Waals surface area contributed by atoms with E-state index in [9.17, 15) is 9.18 Å². The van der Waals surface area contributed by atoms with Crippen molar-refractivity contribution in [3.8, 4) is 0 Å².